The van der Waals surface area contributed by atoms with E-state index in [0.29, 0.717) is 17.9 Å². The van der Waals surface area contributed by atoms with E-state index in [4.69, 9.17) is 17.0 Å². The van der Waals surface area contributed by atoms with E-state index in [1.165, 1.54) is 10.5 Å². The van der Waals surface area contributed by atoms with Crippen LogP contribution in [0.3, 0.4) is 0 Å². The molecule has 1 amide bonds. The molecular formula is C24H25NO4S2. The highest BCUT2D eigenvalue weighted by atomic mass is 32.2. The molecule has 0 aromatic heterocycles. The quantitative estimate of drug-likeness (QED) is 0.432. The van der Waals surface area contributed by atoms with E-state index in [1.54, 1.807) is 6.08 Å². The summed E-state index contributed by atoms with van der Waals surface area (Å²) >= 11 is 6.45. The summed E-state index contributed by atoms with van der Waals surface area (Å²) in [7, 11) is 0. The minimum Gasteiger partial charge on any atom is -0.489 e. The van der Waals surface area contributed by atoms with E-state index in [1.807, 2.05) is 69.3 Å². The Balaban J connectivity index is 1.68. The molecule has 5 nitrogen and oxygen atoms in total. The van der Waals surface area contributed by atoms with Crippen LogP contribution in [-0.2, 0) is 16.2 Å². The first-order valence-electron chi connectivity index (χ1n) is 10.0. The molecular weight excluding hydrogens is 430 g/mol. The molecule has 0 bridgehead atoms. The van der Waals surface area contributed by atoms with Crippen molar-refractivity contribution in [2.24, 2.45) is 5.92 Å². The first-order valence-corrected chi connectivity index (χ1v) is 11.3. The van der Waals surface area contributed by atoms with Gasteiger partial charge in [0.05, 0.1) is 4.91 Å². The number of hydrogen-bond acceptors (Lipinski definition) is 5. The molecule has 2 aromatic carbocycles. The lowest BCUT2D eigenvalue weighted by Crippen LogP contribution is -2.44. The zero-order chi connectivity index (χ0) is 22.5. The summed E-state index contributed by atoms with van der Waals surface area (Å²) in [6, 6.07) is 14.6. The predicted octanol–water partition coefficient (Wildman–Crippen LogP) is 5.27. The van der Waals surface area contributed by atoms with Crippen molar-refractivity contribution >= 4 is 46.3 Å². The van der Waals surface area contributed by atoms with E-state index in [0.717, 1.165) is 28.6 Å². The van der Waals surface area contributed by atoms with Crippen LogP contribution < -0.4 is 4.74 Å². The standard InChI is InChI=1S/C24H25NO4S2/c1-15(2)12-20(23(27)28)25-22(26)21(31-24(25)30)13-17-8-10-19(11-9-17)29-14-18-6-4-16(3)5-7-18/h4-11,13,15,20H,12,14H2,1-3H3,(H,27,28)/b21-13-/t20-/m1/s1. The molecule has 0 saturated carbocycles. The van der Waals surface area contributed by atoms with E-state index in [2.05, 4.69) is 0 Å². The number of ether oxygens (including phenoxy) is 1. The Hall–Kier alpha value is -2.64. The minimum atomic E-state index is -1.04. The fourth-order valence-electron chi connectivity index (χ4n) is 3.17. The Morgan fingerprint density at radius 3 is 2.39 bits per heavy atom. The number of thiocarbonyl (C=S) groups is 1. The summed E-state index contributed by atoms with van der Waals surface area (Å²) in [5, 5.41) is 9.57. The van der Waals surface area contributed by atoms with E-state index in [-0.39, 0.29) is 16.1 Å². The molecule has 1 aliphatic rings. The van der Waals surface area contributed by atoms with Gasteiger partial charge in [-0.25, -0.2) is 4.79 Å². The number of rotatable bonds is 8. The van der Waals surface area contributed by atoms with Crippen molar-refractivity contribution < 1.29 is 19.4 Å². The molecule has 162 valence electrons. The molecule has 0 spiro atoms. The van der Waals surface area contributed by atoms with Gasteiger partial charge in [-0.2, -0.15) is 0 Å². The number of aliphatic carboxylic acids is 1. The van der Waals surface area contributed by atoms with Crippen LogP contribution in [0, 0.1) is 12.8 Å². The first kappa shape index (κ1) is 23.0. The first-order chi connectivity index (χ1) is 14.7. The minimum absolute atomic E-state index is 0.127. The van der Waals surface area contributed by atoms with Gasteiger partial charge in [-0.15, -0.1) is 0 Å². The Morgan fingerprint density at radius 2 is 1.81 bits per heavy atom. The van der Waals surface area contributed by atoms with Crippen molar-refractivity contribution in [1.29, 1.82) is 0 Å². The second-order valence-electron chi connectivity index (χ2n) is 7.88. The Kier molecular flexibility index (Phi) is 7.51. The van der Waals surface area contributed by atoms with Gasteiger partial charge in [0.1, 0.15) is 22.7 Å². The summed E-state index contributed by atoms with van der Waals surface area (Å²) in [5.41, 5.74) is 3.11. The van der Waals surface area contributed by atoms with Crippen LogP contribution in [-0.4, -0.2) is 32.2 Å². The molecule has 31 heavy (non-hydrogen) atoms. The molecule has 0 unspecified atom stereocenters. The Morgan fingerprint density at radius 1 is 1.16 bits per heavy atom. The summed E-state index contributed by atoms with van der Waals surface area (Å²) < 4.78 is 6.10. The number of amides is 1. The van der Waals surface area contributed by atoms with Crippen LogP contribution >= 0.6 is 24.0 Å². The van der Waals surface area contributed by atoms with Gasteiger partial charge in [0.15, 0.2) is 0 Å². The number of nitrogens with zero attached hydrogens (tertiary/aromatic N) is 1. The van der Waals surface area contributed by atoms with Crippen LogP contribution in [0.2, 0.25) is 0 Å². The second-order valence-corrected chi connectivity index (χ2v) is 9.55. The molecule has 2 aromatic rings. The van der Waals surface area contributed by atoms with Gasteiger partial charge in [0, 0.05) is 0 Å². The van der Waals surface area contributed by atoms with Gasteiger partial charge in [0.2, 0.25) is 0 Å². The molecule has 1 aliphatic heterocycles. The summed E-state index contributed by atoms with van der Waals surface area (Å²) in [5.74, 6) is -0.542. The molecule has 0 radical (unpaired) electrons. The van der Waals surface area contributed by atoms with Gasteiger partial charge in [0.25, 0.3) is 5.91 Å². The average Bonchev–Trinajstić information content (AvgIpc) is 2.99. The number of carbonyl (C=O) groups excluding carboxylic acids is 1. The van der Waals surface area contributed by atoms with Gasteiger partial charge < -0.3 is 9.84 Å². The number of carboxylic acids is 1. The molecule has 7 heteroatoms. The fourth-order valence-corrected chi connectivity index (χ4v) is 4.53. The normalized spacial score (nSPS) is 16.3. The van der Waals surface area contributed by atoms with E-state index in [9.17, 15) is 14.7 Å². The number of hydrogen-bond donors (Lipinski definition) is 1. The number of benzene rings is 2. The third-order valence-corrected chi connectivity index (χ3v) is 6.15. The topological polar surface area (TPSA) is 66.8 Å². The van der Waals surface area contributed by atoms with Crippen LogP contribution in [0.1, 0.15) is 37.0 Å². The predicted molar refractivity (Wildman–Crippen MR) is 128 cm³/mol. The molecule has 1 saturated heterocycles. The maximum absolute atomic E-state index is 12.9. The van der Waals surface area contributed by atoms with Gasteiger partial charge >= 0.3 is 5.97 Å². The maximum atomic E-state index is 12.9. The molecule has 1 fully saturated rings. The van der Waals surface area contributed by atoms with Gasteiger partial charge in [-0.05, 0) is 48.6 Å². The molecule has 0 aliphatic carbocycles. The molecule has 1 N–H and O–H groups in total. The summed E-state index contributed by atoms with van der Waals surface area (Å²) in [4.78, 5) is 26.2. The summed E-state index contributed by atoms with van der Waals surface area (Å²) in [6.07, 6.45) is 2.08. The number of carboxylic acid groups (broad SMARTS) is 1. The number of thioether (sulfide) groups is 1. The SMILES string of the molecule is Cc1ccc(COc2ccc(/C=C3\SC(=S)N([C@H](CC(C)C)C(=O)O)C3=O)cc2)cc1. The highest BCUT2D eigenvalue weighted by molar-refractivity contribution is 8.26. The molecule has 3 rings (SSSR count). The summed E-state index contributed by atoms with van der Waals surface area (Å²) in [6.45, 7) is 6.37. The smallest absolute Gasteiger partial charge is 0.326 e. The van der Waals surface area contributed by atoms with Crippen molar-refractivity contribution in [3.8, 4) is 5.75 Å². The van der Waals surface area contributed by atoms with Crippen LogP contribution in [0.4, 0.5) is 0 Å². The third-order valence-electron chi connectivity index (χ3n) is 4.82. The lowest BCUT2D eigenvalue weighted by Gasteiger charge is -2.24. The van der Waals surface area contributed by atoms with Crippen molar-refractivity contribution in [2.45, 2.75) is 39.8 Å². The monoisotopic (exact) mass is 455 g/mol. The number of aryl methyl sites for hydroxylation is 1. The lowest BCUT2D eigenvalue weighted by molar-refractivity contribution is -0.145. The highest BCUT2D eigenvalue weighted by Crippen LogP contribution is 2.35. The number of carbonyl (C=O) groups is 2. The highest BCUT2D eigenvalue weighted by Gasteiger charge is 2.40. The van der Waals surface area contributed by atoms with Crippen LogP contribution in [0.15, 0.2) is 53.4 Å². The van der Waals surface area contributed by atoms with Crippen molar-refractivity contribution in [1.82, 2.24) is 4.90 Å². The second kappa shape index (κ2) is 10.1. The van der Waals surface area contributed by atoms with Crippen molar-refractivity contribution in [2.75, 3.05) is 0 Å². The zero-order valence-corrected chi connectivity index (χ0v) is 19.3. The maximum Gasteiger partial charge on any atom is 0.326 e. The van der Waals surface area contributed by atoms with Crippen molar-refractivity contribution in [3.63, 3.8) is 0 Å². The van der Waals surface area contributed by atoms with Crippen LogP contribution in [0.5, 0.6) is 5.75 Å². The average molecular weight is 456 g/mol. The Bertz CT molecular complexity index is 997. The van der Waals surface area contributed by atoms with Gasteiger partial charge in [-0.3, -0.25) is 9.69 Å². The fraction of sp³-hybridized carbons (Fsp3) is 0.292. The van der Waals surface area contributed by atoms with Crippen molar-refractivity contribution in [3.05, 3.63) is 70.1 Å². The largest absolute Gasteiger partial charge is 0.489 e. The molecule has 1 atom stereocenters. The molecule has 1 heterocycles. The van der Waals surface area contributed by atoms with E-state index >= 15 is 0 Å². The zero-order valence-electron chi connectivity index (χ0n) is 17.7. The Labute approximate surface area is 192 Å². The van der Waals surface area contributed by atoms with E-state index < -0.39 is 12.0 Å². The lowest BCUT2D eigenvalue weighted by atomic mass is 10.0. The van der Waals surface area contributed by atoms with Crippen LogP contribution in [0.25, 0.3) is 6.08 Å². The third kappa shape index (κ3) is 5.95. The van der Waals surface area contributed by atoms with Gasteiger partial charge in [-0.1, -0.05) is 79.8 Å².